The molecular formula is C16H22BrNO2. The van der Waals surface area contributed by atoms with Crippen LogP contribution in [0.5, 0.6) is 11.5 Å². The second-order valence-electron chi connectivity index (χ2n) is 5.92. The predicted molar refractivity (Wildman–Crippen MR) is 83.4 cm³/mol. The fourth-order valence-electron chi connectivity index (χ4n) is 2.62. The molecule has 1 heterocycles. The van der Waals surface area contributed by atoms with Gasteiger partial charge in [0.15, 0.2) is 11.5 Å². The van der Waals surface area contributed by atoms with E-state index in [-0.39, 0.29) is 0 Å². The van der Waals surface area contributed by atoms with Gasteiger partial charge in [0, 0.05) is 19.0 Å². The summed E-state index contributed by atoms with van der Waals surface area (Å²) in [6.45, 7) is 4.61. The molecule has 1 aromatic carbocycles. The number of halogens is 1. The van der Waals surface area contributed by atoms with Crippen LogP contribution >= 0.6 is 15.9 Å². The molecule has 0 radical (unpaired) electrons. The van der Waals surface area contributed by atoms with E-state index in [9.17, 15) is 0 Å². The SMILES string of the molecule is CC(CC1CC1)NCc1cc(Br)c2c(c1)OCCCO2. The highest BCUT2D eigenvalue weighted by Crippen LogP contribution is 2.38. The molecule has 0 amide bonds. The Morgan fingerprint density at radius 3 is 2.90 bits per heavy atom. The monoisotopic (exact) mass is 339 g/mol. The third kappa shape index (κ3) is 3.67. The Balaban J connectivity index is 1.64. The van der Waals surface area contributed by atoms with Crippen molar-refractivity contribution in [2.24, 2.45) is 5.92 Å². The Morgan fingerprint density at radius 1 is 1.30 bits per heavy atom. The van der Waals surface area contributed by atoms with Crippen LogP contribution in [-0.2, 0) is 6.54 Å². The predicted octanol–water partition coefficient (Wildman–Crippen LogP) is 3.89. The number of benzene rings is 1. The first kappa shape index (κ1) is 14.2. The lowest BCUT2D eigenvalue weighted by Gasteiger charge is -2.15. The smallest absolute Gasteiger partial charge is 0.175 e. The molecule has 3 rings (SSSR count). The minimum Gasteiger partial charge on any atom is -0.490 e. The number of rotatable bonds is 5. The molecular weight excluding hydrogens is 318 g/mol. The molecule has 1 aliphatic carbocycles. The maximum atomic E-state index is 5.77. The van der Waals surface area contributed by atoms with Crippen molar-refractivity contribution in [2.45, 2.75) is 45.2 Å². The van der Waals surface area contributed by atoms with Crippen LogP contribution < -0.4 is 14.8 Å². The first-order valence-corrected chi connectivity index (χ1v) is 8.33. The molecule has 3 nitrogen and oxygen atoms in total. The Kier molecular flexibility index (Phi) is 4.51. The number of ether oxygens (including phenoxy) is 2. The summed E-state index contributed by atoms with van der Waals surface area (Å²) in [5.41, 5.74) is 1.24. The summed E-state index contributed by atoms with van der Waals surface area (Å²) in [4.78, 5) is 0. The molecule has 20 heavy (non-hydrogen) atoms. The Bertz CT molecular complexity index is 474. The van der Waals surface area contributed by atoms with Gasteiger partial charge >= 0.3 is 0 Å². The van der Waals surface area contributed by atoms with Crippen LogP contribution in [0.1, 0.15) is 38.2 Å². The van der Waals surface area contributed by atoms with E-state index in [0.717, 1.165) is 48.1 Å². The highest BCUT2D eigenvalue weighted by atomic mass is 79.9. The number of hydrogen-bond donors (Lipinski definition) is 1. The van der Waals surface area contributed by atoms with Crippen LogP contribution in [0, 0.1) is 5.92 Å². The van der Waals surface area contributed by atoms with Crippen molar-refractivity contribution >= 4 is 15.9 Å². The molecule has 4 heteroatoms. The third-order valence-corrected chi connectivity index (χ3v) is 4.49. The van der Waals surface area contributed by atoms with Crippen LogP contribution in [0.2, 0.25) is 0 Å². The molecule has 1 fully saturated rings. The molecule has 1 atom stereocenters. The molecule has 1 saturated carbocycles. The molecule has 0 saturated heterocycles. The zero-order valence-electron chi connectivity index (χ0n) is 12.0. The summed E-state index contributed by atoms with van der Waals surface area (Å²) < 4.78 is 12.5. The van der Waals surface area contributed by atoms with Gasteiger partial charge in [0.1, 0.15) is 0 Å². The van der Waals surface area contributed by atoms with Gasteiger partial charge in [-0.1, -0.05) is 12.8 Å². The van der Waals surface area contributed by atoms with Crippen LogP contribution in [0.15, 0.2) is 16.6 Å². The first-order valence-electron chi connectivity index (χ1n) is 7.54. The summed E-state index contributed by atoms with van der Waals surface area (Å²) in [7, 11) is 0. The topological polar surface area (TPSA) is 30.5 Å². The summed E-state index contributed by atoms with van der Waals surface area (Å²) in [5, 5.41) is 3.60. The minimum atomic E-state index is 0.581. The Hall–Kier alpha value is -0.740. The molecule has 0 aromatic heterocycles. The lowest BCUT2D eigenvalue weighted by Crippen LogP contribution is -2.25. The van der Waals surface area contributed by atoms with E-state index < -0.39 is 0 Å². The van der Waals surface area contributed by atoms with Crippen molar-refractivity contribution in [1.29, 1.82) is 0 Å². The average Bonchev–Trinajstić information content (AvgIpc) is 3.23. The number of hydrogen-bond acceptors (Lipinski definition) is 3. The molecule has 0 bridgehead atoms. The molecule has 1 unspecified atom stereocenters. The molecule has 1 aliphatic heterocycles. The molecule has 1 N–H and O–H groups in total. The van der Waals surface area contributed by atoms with Gasteiger partial charge in [0.25, 0.3) is 0 Å². The standard InChI is InChI=1S/C16H22BrNO2/c1-11(7-12-3-4-12)18-10-13-8-14(17)16-15(9-13)19-5-2-6-20-16/h8-9,11-12,18H,2-7,10H2,1H3. The van der Waals surface area contributed by atoms with Crippen molar-refractivity contribution in [3.63, 3.8) is 0 Å². The maximum Gasteiger partial charge on any atom is 0.175 e. The van der Waals surface area contributed by atoms with Crippen LogP contribution in [-0.4, -0.2) is 19.3 Å². The van der Waals surface area contributed by atoms with E-state index in [2.05, 4.69) is 40.3 Å². The largest absolute Gasteiger partial charge is 0.490 e. The first-order chi connectivity index (χ1) is 9.72. The van der Waals surface area contributed by atoms with Crippen molar-refractivity contribution in [2.75, 3.05) is 13.2 Å². The van der Waals surface area contributed by atoms with E-state index in [1.807, 2.05) is 0 Å². The maximum absolute atomic E-state index is 5.77. The number of fused-ring (bicyclic) bond motifs is 1. The molecule has 0 spiro atoms. The summed E-state index contributed by atoms with van der Waals surface area (Å²) in [6, 6.07) is 4.81. The van der Waals surface area contributed by atoms with Gasteiger partial charge in [0.05, 0.1) is 17.7 Å². The normalized spacial score (nSPS) is 19.5. The second-order valence-corrected chi connectivity index (χ2v) is 6.77. The third-order valence-electron chi connectivity index (χ3n) is 3.90. The van der Waals surface area contributed by atoms with Crippen LogP contribution in [0.3, 0.4) is 0 Å². The van der Waals surface area contributed by atoms with Gasteiger partial charge in [-0.15, -0.1) is 0 Å². The quantitative estimate of drug-likeness (QED) is 0.882. The van der Waals surface area contributed by atoms with Crippen molar-refractivity contribution in [3.05, 3.63) is 22.2 Å². The van der Waals surface area contributed by atoms with E-state index in [4.69, 9.17) is 9.47 Å². The highest BCUT2D eigenvalue weighted by molar-refractivity contribution is 9.10. The highest BCUT2D eigenvalue weighted by Gasteiger charge is 2.23. The van der Waals surface area contributed by atoms with Crippen molar-refractivity contribution in [1.82, 2.24) is 5.32 Å². The second kappa shape index (κ2) is 6.35. The van der Waals surface area contributed by atoms with Crippen LogP contribution in [0.25, 0.3) is 0 Å². The Labute approximate surface area is 129 Å². The summed E-state index contributed by atoms with van der Waals surface area (Å²) in [6.07, 6.45) is 5.07. The summed E-state index contributed by atoms with van der Waals surface area (Å²) in [5.74, 6) is 2.67. The lowest BCUT2D eigenvalue weighted by atomic mass is 10.1. The molecule has 2 aliphatic rings. The van der Waals surface area contributed by atoms with Gasteiger partial charge in [-0.05, 0) is 52.9 Å². The number of nitrogens with one attached hydrogen (secondary N) is 1. The van der Waals surface area contributed by atoms with Gasteiger partial charge in [-0.2, -0.15) is 0 Å². The average molecular weight is 340 g/mol. The van der Waals surface area contributed by atoms with Crippen molar-refractivity contribution < 1.29 is 9.47 Å². The van der Waals surface area contributed by atoms with Crippen LogP contribution in [0.4, 0.5) is 0 Å². The zero-order chi connectivity index (χ0) is 13.9. The Morgan fingerprint density at radius 2 is 2.10 bits per heavy atom. The van der Waals surface area contributed by atoms with E-state index in [0.29, 0.717) is 6.04 Å². The van der Waals surface area contributed by atoms with E-state index >= 15 is 0 Å². The van der Waals surface area contributed by atoms with Gasteiger partial charge in [-0.3, -0.25) is 0 Å². The van der Waals surface area contributed by atoms with Gasteiger partial charge < -0.3 is 14.8 Å². The van der Waals surface area contributed by atoms with E-state index in [1.54, 1.807) is 0 Å². The van der Waals surface area contributed by atoms with E-state index in [1.165, 1.54) is 24.8 Å². The summed E-state index contributed by atoms with van der Waals surface area (Å²) >= 11 is 3.59. The fraction of sp³-hybridized carbons (Fsp3) is 0.625. The fourth-order valence-corrected chi connectivity index (χ4v) is 3.22. The minimum absolute atomic E-state index is 0.581. The van der Waals surface area contributed by atoms with Gasteiger partial charge in [-0.25, -0.2) is 0 Å². The lowest BCUT2D eigenvalue weighted by molar-refractivity contribution is 0.296. The van der Waals surface area contributed by atoms with Crippen molar-refractivity contribution in [3.8, 4) is 11.5 Å². The van der Waals surface area contributed by atoms with Gasteiger partial charge in [0.2, 0.25) is 0 Å². The molecule has 110 valence electrons. The molecule has 1 aromatic rings. The zero-order valence-corrected chi connectivity index (χ0v) is 13.5.